The van der Waals surface area contributed by atoms with Crippen LogP contribution in [0.15, 0.2) is 12.7 Å². The van der Waals surface area contributed by atoms with E-state index in [1.807, 2.05) is 6.08 Å². The second-order valence-electron chi connectivity index (χ2n) is 6.21. The van der Waals surface area contributed by atoms with E-state index in [0.717, 1.165) is 25.7 Å². The molecule has 1 spiro atoms. The summed E-state index contributed by atoms with van der Waals surface area (Å²) < 4.78 is 0. The first-order valence-electron chi connectivity index (χ1n) is 6.75. The number of hydrogen-bond donors (Lipinski definition) is 0. The summed E-state index contributed by atoms with van der Waals surface area (Å²) in [4.78, 5) is 12.1. The van der Waals surface area contributed by atoms with Crippen molar-refractivity contribution in [2.75, 3.05) is 0 Å². The lowest BCUT2D eigenvalue weighted by molar-refractivity contribution is -0.135. The van der Waals surface area contributed by atoms with Crippen LogP contribution >= 0.6 is 0 Å². The maximum atomic E-state index is 12.1. The van der Waals surface area contributed by atoms with Gasteiger partial charge in [-0.25, -0.2) is 0 Å². The zero-order chi connectivity index (χ0) is 11.6. The molecule has 1 atom stereocenters. The molecule has 0 aliphatic heterocycles. The van der Waals surface area contributed by atoms with Gasteiger partial charge in [0, 0.05) is 11.8 Å². The first-order valence-corrected chi connectivity index (χ1v) is 6.75. The first kappa shape index (κ1) is 11.9. The summed E-state index contributed by atoms with van der Waals surface area (Å²) in [5, 5.41) is 0. The molecule has 1 heteroatoms. The van der Waals surface area contributed by atoms with Crippen LogP contribution in [0.4, 0.5) is 0 Å². The Morgan fingerprint density at radius 2 is 1.94 bits per heavy atom. The molecule has 0 heterocycles. The molecule has 90 valence electrons. The van der Waals surface area contributed by atoms with Crippen LogP contribution in [0.1, 0.15) is 64.7 Å². The van der Waals surface area contributed by atoms with Gasteiger partial charge in [0.05, 0.1) is 0 Å². The summed E-state index contributed by atoms with van der Waals surface area (Å²) in [6.45, 7) is 5.98. The number of carbonyl (C=O) groups is 1. The lowest BCUT2D eigenvalue weighted by atomic mass is 9.56. The average Bonchev–Trinajstić information content (AvgIpc) is 2.26. The summed E-state index contributed by atoms with van der Waals surface area (Å²) in [7, 11) is 0. The summed E-state index contributed by atoms with van der Waals surface area (Å²) in [6, 6.07) is 0. The zero-order valence-corrected chi connectivity index (χ0v) is 10.6. The topological polar surface area (TPSA) is 17.1 Å². The van der Waals surface area contributed by atoms with Gasteiger partial charge >= 0.3 is 0 Å². The molecule has 16 heavy (non-hydrogen) atoms. The molecule has 2 aliphatic rings. The van der Waals surface area contributed by atoms with Crippen molar-refractivity contribution in [2.24, 2.45) is 10.8 Å². The fraction of sp³-hybridized carbons (Fsp3) is 0.800. The van der Waals surface area contributed by atoms with Crippen LogP contribution < -0.4 is 0 Å². The largest absolute Gasteiger partial charge is 0.299 e. The molecule has 0 N–H and O–H groups in total. The molecule has 0 saturated heterocycles. The molecular formula is C15H24O. The molecule has 1 nitrogen and oxygen atoms in total. The predicted molar refractivity (Wildman–Crippen MR) is 67.3 cm³/mol. The Bertz CT molecular complexity index is 286. The van der Waals surface area contributed by atoms with Gasteiger partial charge in [-0.05, 0) is 37.5 Å². The van der Waals surface area contributed by atoms with Gasteiger partial charge < -0.3 is 0 Å². The monoisotopic (exact) mass is 220 g/mol. The number of rotatable bonds is 2. The number of carbonyl (C=O) groups excluding carboxylic acids is 1. The van der Waals surface area contributed by atoms with Gasteiger partial charge in [0.1, 0.15) is 5.78 Å². The van der Waals surface area contributed by atoms with Crippen molar-refractivity contribution in [2.45, 2.75) is 64.7 Å². The number of ketones is 1. The van der Waals surface area contributed by atoms with Crippen LogP contribution in [-0.2, 0) is 4.79 Å². The normalized spacial score (nSPS) is 33.9. The first-order chi connectivity index (χ1) is 7.60. The third kappa shape index (κ3) is 2.09. The number of allylic oxidation sites excluding steroid dienone is 1. The average molecular weight is 220 g/mol. The highest BCUT2D eigenvalue weighted by atomic mass is 16.1. The maximum absolute atomic E-state index is 12.1. The number of hydrogen-bond acceptors (Lipinski definition) is 1. The van der Waals surface area contributed by atoms with Crippen LogP contribution in [0.2, 0.25) is 0 Å². The van der Waals surface area contributed by atoms with Crippen molar-refractivity contribution in [3.8, 4) is 0 Å². The van der Waals surface area contributed by atoms with Gasteiger partial charge in [-0.2, -0.15) is 0 Å². The van der Waals surface area contributed by atoms with Crippen LogP contribution in [-0.4, -0.2) is 5.78 Å². The molecule has 0 aromatic carbocycles. The summed E-state index contributed by atoms with van der Waals surface area (Å²) >= 11 is 0. The lowest BCUT2D eigenvalue weighted by Crippen LogP contribution is -2.42. The van der Waals surface area contributed by atoms with Crippen molar-refractivity contribution in [1.82, 2.24) is 0 Å². The fourth-order valence-corrected chi connectivity index (χ4v) is 3.93. The number of Topliss-reactive ketones (excluding diaryl/α,β-unsaturated/α-hetero) is 1. The molecule has 0 unspecified atom stereocenters. The second-order valence-corrected chi connectivity index (χ2v) is 6.21. The van der Waals surface area contributed by atoms with E-state index >= 15 is 0 Å². The van der Waals surface area contributed by atoms with Gasteiger partial charge in [0.15, 0.2) is 0 Å². The summed E-state index contributed by atoms with van der Waals surface area (Å²) in [5.41, 5.74) is 0.404. The molecule has 0 amide bonds. The van der Waals surface area contributed by atoms with Crippen LogP contribution in [0.25, 0.3) is 0 Å². The van der Waals surface area contributed by atoms with Gasteiger partial charge in [0.2, 0.25) is 0 Å². The van der Waals surface area contributed by atoms with Gasteiger partial charge in [0.25, 0.3) is 0 Å². The van der Waals surface area contributed by atoms with Crippen LogP contribution in [0, 0.1) is 10.8 Å². The van der Waals surface area contributed by atoms with Crippen molar-refractivity contribution in [1.29, 1.82) is 0 Å². The third-order valence-corrected chi connectivity index (χ3v) is 4.83. The van der Waals surface area contributed by atoms with Gasteiger partial charge in [-0.3, -0.25) is 4.79 Å². The molecule has 0 aromatic rings. The van der Waals surface area contributed by atoms with Crippen molar-refractivity contribution < 1.29 is 4.79 Å². The van der Waals surface area contributed by atoms with E-state index in [4.69, 9.17) is 0 Å². The molecular weight excluding hydrogens is 196 g/mol. The van der Waals surface area contributed by atoms with Crippen molar-refractivity contribution in [3.63, 3.8) is 0 Å². The smallest absolute Gasteiger partial charge is 0.139 e. The minimum atomic E-state index is -0.0999. The molecule has 0 bridgehead atoms. The standard InChI is InChI=1S/C15H24O/c1-3-8-14(2)12-15(11-7-13(14)16)9-5-4-6-10-15/h3H,1,4-12H2,2H3/t14-/m1/s1. The Kier molecular flexibility index (Phi) is 3.23. The zero-order valence-electron chi connectivity index (χ0n) is 10.6. The van der Waals surface area contributed by atoms with E-state index in [0.29, 0.717) is 11.2 Å². The third-order valence-electron chi connectivity index (χ3n) is 4.83. The molecule has 2 saturated carbocycles. The maximum Gasteiger partial charge on any atom is 0.139 e. The molecule has 2 aliphatic carbocycles. The van der Waals surface area contributed by atoms with Crippen molar-refractivity contribution in [3.05, 3.63) is 12.7 Å². The predicted octanol–water partition coefficient (Wildman–Crippen LogP) is 4.27. The van der Waals surface area contributed by atoms with E-state index in [2.05, 4.69) is 13.5 Å². The summed E-state index contributed by atoms with van der Waals surface area (Å²) in [6.07, 6.45) is 12.7. The molecule has 2 rings (SSSR count). The van der Waals surface area contributed by atoms with E-state index in [1.165, 1.54) is 32.1 Å². The van der Waals surface area contributed by atoms with Crippen LogP contribution in [0.5, 0.6) is 0 Å². The quantitative estimate of drug-likeness (QED) is 0.635. The Hall–Kier alpha value is -0.590. The Labute approximate surface area is 99.3 Å². The Balaban J connectivity index is 2.14. The second kappa shape index (κ2) is 4.35. The fourth-order valence-electron chi connectivity index (χ4n) is 3.93. The van der Waals surface area contributed by atoms with Gasteiger partial charge in [-0.15, -0.1) is 6.58 Å². The molecule has 2 fully saturated rings. The highest BCUT2D eigenvalue weighted by Gasteiger charge is 2.46. The highest BCUT2D eigenvalue weighted by Crippen LogP contribution is 2.53. The minimum absolute atomic E-state index is 0.0999. The van der Waals surface area contributed by atoms with Crippen LogP contribution in [0.3, 0.4) is 0 Å². The van der Waals surface area contributed by atoms with E-state index in [9.17, 15) is 4.79 Å². The van der Waals surface area contributed by atoms with E-state index in [-0.39, 0.29) is 5.41 Å². The Morgan fingerprint density at radius 1 is 1.25 bits per heavy atom. The highest BCUT2D eigenvalue weighted by molar-refractivity contribution is 5.85. The van der Waals surface area contributed by atoms with E-state index in [1.54, 1.807) is 0 Å². The Morgan fingerprint density at radius 3 is 2.56 bits per heavy atom. The van der Waals surface area contributed by atoms with E-state index < -0.39 is 0 Å². The molecule has 0 aromatic heterocycles. The van der Waals surface area contributed by atoms with Gasteiger partial charge in [-0.1, -0.05) is 32.3 Å². The lowest BCUT2D eigenvalue weighted by Gasteiger charge is -2.47. The molecule has 0 radical (unpaired) electrons. The SMILES string of the molecule is C=CC[C@]1(C)CC2(CCCCC2)CCC1=O. The minimum Gasteiger partial charge on any atom is -0.299 e. The van der Waals surface area contributed by atoms with Crippen molar-refractivity contribution >= 4 is 5.78 Å². The summed E-state index contributed by atoms with van der Waals surface area (Å²) in [5.74, 6) is 0.476.